The van der Waals surface area contributed by atoms with Gasteiger partial charge in [-0.05, 0) is 19.1 Å². The van der Waals surface area contributed by atoms with E-state index >= 15 is 0 Å². The average molecular weight is 205 g/mol. The van der Waals surface area contributed by atoms with Crippen molar-refractivity contribution in [1.82, 2.24) is 4.72 Å². The Morgan fingerprint density at radius 2 is 2.17 bits per heavy atom. The van der Waals surface area contributed by atoms with Gasteiger partial charge in [-0.25, -0.2) is 13.1 Å². The zero-order valence-corrected chi connectivity index (χ0v) is 8.63. The minimum atomic E-state index is -3.06. The molecule has 0 saturated carbocycles. The van der Waals surface area contributed by atoms with Crippen molar-refractivity contribution in [2.24, 2.45) is 0 Å². The number of nitrogens with one attached hydrogen (secondary N) is 1. The summed E-state index contributed by atoms with van der Waals surface area (Å²) in [4.78, 5) is 2.23. The Kier molecular flexibility index (Phi) is 2.87. The molecule has 1 heterocycles. The molecule has 1 aromatic heterocycles. The summed E-state index contributed by atoms with van der Waals surface area (Å²) in [5, 5.41) is 0. The highest BCUT2D eigenvalue weighted by atomic mass is 32.2. The fourth-order valence-electron chi connectivity index (χ4n) is 0.782. The lowest BCUT2D eigenvalue weighted by atomic mass is 10.4. The van der Waals surface area contributed by atoms with E-state index in [1.807, 2.05) is 19.1 Å². The van der Waals surface area contributed by atoms with E-state index in [1.54, 1.807) is 11.3 Å². The topological polar surface area (TPSA) is 46.2 Å². The summed E-state index contributed by atoms with van der Waals surface area (Å²) >= 11 is 1.60. The smallest absolute Gasteiger partial charge is 0.209 e. The second-order valence-electron chi connectivity index (χ2n) is 2.61. The van der Waals surface area contributed by atoms with Crippen LogP contribution < -0.4 is 4.72 Å². The number of hydrogen-bond acceptors (Lipinski definition) is 3. The van der Waals surface area contributed by atoms with E-state index in [9.17, 15) is 8.42 Å². The van der Waals surface area contributed by atoms with Gasteiger partial charge < -0.3 is 0 Å². The van der Waals surface area contributed by atoms with E-state index in [-0.39, 0.29) is 0 Å². The van der Waals surface area contributed by atoms with E-state index in [0.29, 0.717) is 6.54 Å². The van der Waals surface area contributed by atoms with Crippen molar-refractivity contribution in [1.29, 1.82) is 0 Å². The predicted molar refractivity (Wildman–Crippen MR) is 50.7 cm³/mol. The lowest BCUT2D eigenvalue weighted by molar-refractivity contribution is 0.588. The fraction of sp³-hybridized carbons (Fsp3) is 0.429. The highest BCUT2D eigenvalue weighted by molar-refractivity contribution is 7.88. The summed E-state index contributed by atoms with van der Waals surface area (Å²) < 4.78 is 23.8. The third-order valence-electron chi connectivity index (χ3n) is 1.30. The molecule has 0 aliphatic heterocycles. The Bertz CT molecular complexity index is 353. The Morgan fingerprint density at radius 1 is 1.50 bits per heavy atom. The van der Waals surface area contributed by atoms with Gasteiger partial charge in [0.05, 0.1) is 6.26 Å². The molecule has 12 heavy (non-hydrogen) atoms. The van der Waals surface area contributed by atoms with Crippen LogP contribution in [0.4, 0.5) is 0 Å². The molecule has 3 nitrogen and oxygen atoms in total. The SMILES string of the molecule is Cc1ccc(CNS(C)(=O)=O)s1. The van der Waals surface area contributed by atoms with Crippen LogP contribution in [0.25, 0.3) is 0 Å². The third-order valence-corrected chi connectivity index (χ3v) is 2.97. The predicted octanol–water partition coefficient (Wildman–Crippen LogP) is 1.11. The van der Waals surface area contributed by atoms with Crippen LogP contribution in [0.2, 0.25) is 0 Å². The summed E-state index contributed by atoms with van der Waals surface area (Å²) in [6.45, 7) is 2.39. The maximum atomic E-state index is 10.7. The van der Waals surface area contributed by atoms with Crippen LogP contribution in [-0.2, 0) is 16.6 Å². The van der Waals surface area contributed by atoms with Crippen molar-refractivity contribution >= 4 is 21.4 Å². The highest BCUT2D eigenvalue weighted by Crippen LogP contribution is 2.14. The van der Waals surface area contributed by atoms with Crippen LogP contribution >= 0.6 is 11.3 Å². The number of rotatable bonds is 3. The fourth-order valence-corrected chi connectivity index (χ4v) is 2.12. The number of aryl methyl sites for hydroxylation is 1. The first-order valence-corrected chi connectivity index (χ1v) is 6.18. The molecule has 5 heteroatoms. The summed E-state index contributed by atoms with van der Waals surface area (Å²) in [5.74, 6) is 0. The first-order valence-electron chi connectivity index (χ1n) is 3.47. The zero-order chi connectivity index (χ0) is 9.19. The van der Waals surface area contributed by atoms with Crippen molar-refractivity contribution in [3.05, 3.63) is 21.9 Å². The third kappa shape index (κ3) is 3.34. The Hall–Kier alpha value is -0.390. The Labute approximate surface area is 76.5 Å². The molecule has 0 aliphatic carbocycles. The quantitative estimate of drug-likeness (QED) is 0.803. The molecule has 0 aromatic carbocycles. The summed E-state index contributed by atoms with van der Waals surface area (Å²) in [5.41, 5.74) is 0. The van der Waals surface area contributed by atoms with Gasteiger partial charge in [0, 0.05) is 16.3 Å². The molecular weight excluding hydrogens is 194 g/mol. The van der Waals surface area contributed by atoms with Crippen molar-refractivity contribution in [2.75, 3.05) is 6.26 Å². The minimum absolute atomic E-state index is 0.400. The van der Waals surface area contributed by atoms with Crippen LogP contribution in [0.15, 0.2) is 12.1 Å². The summed E-state index contributed by atoms with van der Waals surface area (Å²) in [6, 6.07) is 3.90. The van der Waals surface area contributed by atoms with Gasteiger partial charge in [-0.3, -0.25) is 0 Å². The summed E-state index contributed by atoms with van der Waals surface area (Å²) in [7, 11) is -3.06. The van der Waals surface area contributed by atoms with Gasteiger partial charge in [-0.15, -0.1) is 11.3 Å². The molecule has 1 rings (SSSR count). The van der Waals surface area contributed by atoms with Crippen LogP contribution in [0.3, 0.4) is 0 Å². The highest BCUT2D eigenvalue weighted by Gasteiger charge is 2.01. The molecule has 0 radical (unpaired) electrons. The van der Waals surface area contributed by atoms with Crippen LogP contribution in [0, 0.1) is 6.92 Å². The van der Waals surface area contributed by atoms with E-state index in [4.69, 9.17) is 0 Å². The molecule has 68 valence electrons. The van der Waals surface area contributed by atoms with Gasteiger partial charge >= 0.3 is 0 Å². The van der Waals surface area contributed by atoms with Crippen LogP contribution in [-0.4, -0.2) is 14.7 Å². The van der Waals surface area contributed by atoms with E-state index < -0.39 is 10.0 Å². The molecule has 0 bridgehead atoms. The Morgan fingerprint density at radius 3 is 2.58 bits per heavy atom. The van der Waals surface area contributed by atoms with Crippen molar-refractivity contribution in [3.8, 4) is 0 Å². The molecule has 0 atom stereocenters. The van der Waals surface area contributed by atoms with Crippen molar-refractivity contribution in [2.45, 2.75) is 13.5 Å². The van der Waals surface area contributed by atoms with Gasteiger partial charge in [-0.1, -0.05) is 0 Å². The minimum Gasteiger partial charge on any atom is -0.213 e. The lowest BCUT2D eigenvalue weighted by Gasteiger charge is -1.97. The molecule has 0 aliphatic rings. The molecule has 0 unspecified atom stereocenters. The van der Waals surface area contributed by atoms with Gasteiger partial charge in [0.2, 0.25) is 10.0 Å². The molecule has 1 N–H and O–H groups in total. The van der Waals surface area contributed by atoms with Crippen LogP contribution in [0.5, 0.6) is 0 Å². The van der Waals surface area contributed by atoms with E-state index in [0.717, 1.165) is 11.1 Å². The zero-order valence-electron chi connectivity index (χ0n) is 6.99. The molecular formula is C7H11NO2S2. The van der Waals surface area contributed by atoms with Crippen molar-refractivity contribution < 1.29 is 8.42 Å². The molecule has 0 fully saturated rings. The number of hydrogen-bond donors (Lipinski definition) is 1. The largest absolute Gasteiger partial charge is 0.213 e. The lowest BCUT2D eigenvalue weighted by Crippen LogP contribution is -2.20. The second-order valence-corrected chi connectivity index (χ2v) is 5.81. The maximum absolute atomic E-state index is 10.7. The first-order chi connectivity index (χ1) is 5.47. The van der Waals surface area contributed by atoms with Crippen LogP contribution in [0.1, 0.15) is 9.75 Å². The average Bonchev–Trinajstić information content (AvgIpc) is 2.30. The van der Waals surface area contributed by atoms with E-state index in [1.165, 1.54) is 4.88 Å². The number of thiophene rings is 1. The normalized spacial score (nSPS) is 11.8. The van der Waals surface area contributed by atoms with Gasteiger partial charge in [0.15, 0.2) is 0 Å². The monoisotopic (exact) mass is 205 g/mol. The molecule has 0 amide bonds. The molecule has 0 saturated heterocycles. The molecule has 0 spiro atoms. The first kappa shape index (κ1) is 9.70. The van der Waals surface area contributed by atoms with Gasteiger partial charge in [0.1, 0.15) is 0 Å². The Balaban J connectivity index is 2.55. The summed E-state index contributed by atoms with van der Waals surface area (Å²) in [6.07, 6.45) is 1.16. The maximum Gasteiger partial charge on any atom is 0.209 e. The second kappa shape index (κ2) is 3.55. The number of sulfonamides is 1. The van der Waals surface area contributed by atoms with Crippen molar-refractivity contribution in [3.63, 3.8) is 0 Å². The van der Waals surface area contributed by atoms with Gasteiger partial charge in [0.25, 0.3) is 0 Å². The van der Waals surface area contributed by atoms with Gasteiger partial charge in [-0.2, -0.15) is 0 Å². The molecule has 1 aromatic rings. The standard InChI is InChI=1S/C7H11NO2S2/c1-6-3-4-7(11-6)5-8-12(2,9)10/h3-4,8H,5H2,1-2H3. The van der Waals surface area contributed by atoms with E-state index in [2.05, 4.69) is 4.72 Å².